The first-order chi connectivity index (χ1) is 13.3. The van der Waals surface area contributed by atoms with E-state index in [4.69, 9.17) is 16.3 Å². The average Bonchev–Trinajstić information content (AvgIpc) is 2.62. The largest absolute Gasteiger partial charge is 0.452 e. The predicted octanol–water partition coefficient (Wildman–Crippen LogP) is 3.80. The molecule has 0 aliphatic carbocycles. The molecule has 3 amide bonds. The van der Waals surface area contributed by atoms with Crippen LogP contribution >= 0.6 is 11.6 Å². The molecule has 0 heterocycles. The van der Waals surface area contributed by atoms with Crippen LogP contribution in [0.3, 0.4) is 0 Å². The van der Waals surface area contributed by atoms with Crippen molar-refractivity contribution in [3.63, 3.8) is 0 Å². The Labute approximate surface area is 166 Å². The van der Waals surface area contributed by atoms with Gasteiger partial charge in [0.15, 0.2) is 6.61 Å². The maximum atomic E-state index is 13.0. The molecule has 0 aliphatic rings. The van der Waals surface area contributed by atoms with Gasteiger partial charge in [-0.25, -0.2) is 14.0 Å². The highest BCUT2D eigenvalue weighted by Crippen LogP contribution is 2.22. The van der Waals surface area contributed by atoms with Gasteiger partial charge in [0.2, 0.25) is 0 Å². The highest BCUT2D eigenvalue weighted by molar-refractivity contribution is 6.33. The molecule has 0 saturated carbocycles. The second-order valence-electron chi connectivity index (χ2n) is 6.05. The van der Waals surface area contributed by atoms with E-state index in [1.807, 2.05) is 0 Å². The van der Waals surface area contributed by atoms with Crippen molar-refractivity contribution in [1.29, 1.82) is 0 Å². The van der Waals surface area contributed by atoms with Gasteiger partial charge in [0.05, 0.1) is 22.0 Å². The third kappa shape index (κ3) is 6.24. The Morgan fingerprint density at radius 3 is 2.46 bits per heavy atom. The van der Waals surface area contributed by atoms with Crippen molar-refractivity contribution in [2.45, 2.75) is 19.9 Å². The van der Waals surface area contributed by atoms with Crippen LogP contribution in [0.5, 0.6) is 0 Å². The van der Waals surface area contributed by atoms with Crippen LogP contribution in [0, 0.1) is 5.82 Å². The van der Waals surface area contributed by atoms with Gasteiger partial charge in [0, 0.05) is 6.04 Å². The van der Waals surface area contributed by atoms with E-state index in [0.29, 0.717) is 0 Å². The molecule has 7 nitrogen and oxygen atoms in total. The quantitative estimate of drug-likeness (QED) is 0.634. The molecule has 0 bridgehead atoms. The molecule has 0 saturated heterocycles. The normalized spacial score (nSPS) is 10.3. The van der Waals surface area contributed by atoms with Gasteiger partial charge in [-0.1, -0.05) is 23.7 Å². The molecule has 0 spiro atoms. The molecule has 0 radical (unpaired) electrons. The van der Waals surface area contributed by atoms with Gasteiger partial charge >= 0.3 is 12.0 Å². The van der Waals surface area contributed by atoms with E-state index >= 15 is 0 Å². The van der Waals surface area contributed by atoms with Crippen molar-refractivity contribution in [3.05, 3.63) is 58.9 Å². The van der Waals surface area contributed by atoms with E-state index in [2.05, 4.69) is 16.0 Å². The third-order valence-corrected chi connectivity index (χ3v) is 3.67. The standard InChI is InChI=1S/C19H19ClFN3O4/c1-11(2)22-19(27)24-15-6-4-3-5-13(15)18(26)28-10-17(25)23-16-8-7-12(21)9-14(16)20/h3-9,11H,10H2,1-2H3,(H,23,25)(H2,22,24,27). The summed E-state index contributed by atoms with van der Waals surface area (Å²) in [5.74, 6) is -1.98. The molecule has 2 aromatic rings. The summed E-state index contributed by atoms with van der Waals surface area (Å²) in [5, 5.41) is 7.63. The molecule has 0 fully saturated rings. The highest BCUT2D eigenvalue weighted by atomic mass is 35.5. The lowest BCUT2D eigenvalue weighted by atomic mass is 10.2. The Hall–Kier alpha value is -3.13. The lowest BCUT2D eigenvalue weighted by Crippen LogP contribution is -2.34. The van der Waals surface area contributed by atoms with Gasteiger partial charge in [-0.2, -0.15) is 0 Å². The summed E-state index contributed by atoms with van der Waals surface area (Å²) in [7, 11) is 0. The number of carbonyl (C=O) groups is 3. The fraction of sp³-hybridized carbons (Fsp3) is 0.211. The van der Waals surface area contributed by atoms with Gasteiger partial charge in [-0.15, -0.1) is 0 Å². The number of hydrogen-bond acceptors (Lipinski definition) is 4. The molecule has 0 atom stereocenters. The Bertz CT molecular complexity index is 889. The number of rotatable bonds is 6. The van der Waals surface area contributed by atoms with Crippen molar-refractivity contribution in [2.24, 2.45) is 0 Å². The summed E-state index contributed by atoms with van der Waals surface area (Å²) in [6, 6.07) is 9.16. The van der Waals surface area contributed by atoms with Gasteiger partial charge in [0.1, 0.15) is 5.82 Å². The smallest absolute Gasteiger partial charge is 0.340 e. The number of benzene rings is 2. The van der Waals surface area contributed by atoms with E-state index in [9.17, 15) is 18.8 Å². The first-order valence-electron chi connectivity index (χ1n) is 8.35. The zero-order valence-corrected chi connectivity index (χ0v) is 16.0. The molecular formula is C19H19ClFN3O4. The van der Waals surface area contributed by atoms with Gasteiger partial charge < -0.3 is 20.7 Å². The van der Waals surface area contributed by atoms with Crippen LogP contribution in [0.2, 0.25) is 5.02 Å². The Morgan fingerprint density at radius 2 is 1.79 bits per heavy atom. The van der Waals surface area contributed by atoms with Crippen molar-refractivity contribution in [1.82, 2.24) is 5.32 Å². The van der Waals surface area contributed by atoms with Crippen LogP contribution in [-0.4, -0.2) is 30.6 Å². The van der Waals surface area contributed by atoms with Crippen molar-refractivity contribution in [3.8, 4) is 0 Å². The van der Waals surface area contributed by atoms with E-state index < -0.39 is 30.3 Å². The van der Waals surface area contributed by atoms with Crippen molar-refractivity contribution >= 4 is 40.9 Å². The second-order valence-corrected chi connectivity index (χ2v) is 6.45. The Kier molecular flexibility index (Phi) is 7.34. The van der Waals surface area contributed by atoms with Crippen LogP contribution in [0.25, 0.3) is 0 Å². The molecule has 3 N–H and O–H groups in total. The minimum Gasteiger partial charge on any atom is -0.452 e. The maximum absolute atomic E-state index is 13.0. The topological polar surface area (TPSA) is 96.5 Å². The Balaban J connectivity index is 1.97. The number of urea groups is 1. The zero-order chi connectivity index (χ0) is 20.7. The lowest BCUT2D eigenvalue weighted by molar-refractivity contribution is -0.119. The number of hydrogen-bond donors (Lipinski definition) is 3. The number of ether oxygens (including phenoxy) is 1. The van der Waals surface area contributed by atoms with Crippen LogP contribution in [0.4, 0.5) is 20.6 Å². The number of halogens is 2. The average molecular weight is 408 g/mol. The Morgan fingerprint density at radius 1 is 1.07 bits per heavy atom. The van der Waals surface area contributed by atoms with Crippen LogP contribution < -0.4 is 16.0 Å². The van der Waals surface area contributed by atoms with Crippen molar-refractivity contribution in [2.75, 3.05) is 17.2 Å². The molecule has 9 heteroatoms. The highest BCUT2D eigenvalue weighted by Gasteiger charge is 2.16. The SMILES string of the molecule is CC(C)NC(=O)Nc1ccccc1C(=O)OCC(=O)Nc1ccc(F)cc1Cl. The fourth-order valence-electron chi connectivity index (χ4n) is 2.18. The molecule has 2 aromatic carbocycles. The number of amides is 3. The second kappa shape index (κ2) is 9.70. The monoisotopic (exact) mass is 407 g/mol. The third-order valence-electron chi connectivity index (χ3n) is 3.35. The summed E-state index contributed by atoms with van der Waals surface area (Å²) < 4.78 is 18.0. The molecule has 0 aliphatic heterocycles. The fourth-order valence-corrected chi connectivity index (χ4v) is 2.39. The first kappa shape index (κ1) is 21.2. The molecule has 0 unspecified atom stereocenters. The predicted molar refractivity (Wildman–Crippen MR) is 104 cm³/mol. The molecule has 28 heavy (non-hydrogen) atoms. The van der Waals surface area contributed by atoms with Crippen LogP contribution in [0.15, 0.2) is 42.5 Å². The molecular weight excluding hydrogens is 389 g/mol. The van der Waals surface area contributed by atoms with Gasteiger partial charge in [-0.3, -0.25) is 4.79 Å². The number of para-hydroxylation sites is 1. The minimum absolute atomic E-state index is 0.0189. The number of carbonyl (C=O) groups excluding carboxylic acids is 3. The maximum Gasteiger partial charge on any atom is 0.340 e. The van der Waals surface area contributed by atoms with Gasteiger partial charge in [-0.05, 0) is 44.2 Å². The zero-order valence-electron chi connectivity index (χ0n) is 15.2. The minimum atomic E-state index is -0.791. The summed E-state index contributed by atoms with van der Waals surface area (Å²) in [6.45, 7) is 3.01. The van der Waals surface area contributed by atoms with E-state index in [0.717, 1.165) is 12.1 Å². The van der Waals surface area contributed by atoms with E-state index in [1.165, 1.54) is 18.2 Å². The molecule has 148 valence electrons. The summed E-state index contributed by atoms with van der Waals surface area (Å²) in [5.41, 5.74) is 0.526. The van der Waals surface area contributed by atoms with Crippen LogP contribution in [-0.2, 0) is 9.53 Å². The van der Waals surface area contributed by atoms with E-state index in [-0.39, 0.29) is 28.0 Å². The number of nitrogens with one attached hydrogen (secondary N) is 3. The lowest BCUT2D eigenvalue weighted by Gasteiger charge is -2.13. The first-order valence-corrected chi connectivity index (χ1v) is 8.72. The summed E-state index contributed by atoms with van der Waals surface area (Å²) in [6.07, 6.45) is 0. The molecule has 2 rings (SSSR count). The summed E-state index contributed by atoms with van der Waals surface area (Å²) in [4.78, 5) is 36.1. The van der Waals surface area contributed by atoms with E-state index in [1.54, 1.807) is 26.0 Å². The number of anilines is 2. The van der Waals surface area contributed by atoms with Crippen molar-refractivity contribution < 1.29 is 23.5 Å². The van der Waals surface area contributed by atoms with Gasteiger partial charge in [0.25, 0.3) is 5.91 Å². The summed E-state index contributed by atoms with van der Waals surface area (Å²) >= 11 is 5.83. The van der Waals surface area contributed by atoms with Crippen LogP contribution in [0.1, 0.15) is 24.2 Å². The molecule has 0 aromatic heterocycles. The number of esters is 1.